The van der Waals surface area contributed by atoms with Crippen molar-refractivity contribution in [3.63, 3.8) is 0 Å². The zero-order chi connectivity index (χ0) is 12.7. The van der Waals surface area contributed by atoms with E-state index in [1.807, 2.05) is 6.07 Å². The second kappa shape index (κ2) is 6.58. The predicted octanol–water partition coefficient (Wildman–Crippen LogP) is 2.01. The van der Waals surface area contributed by atoms with Crippen LogP contribution in [0.4, 0.5) is 0 Å². The Labute approximate surface area is 100 Å². The first-order chi connectivity index (χ1) is 8.13. The lowest BCUT2D eigenvalue weighted by Crippen LogP contribution is -2.11. The van der Waals surface area contributed by atoms with Gasteiger partial charge in [0.25, 0.3) is 0 Å². The monoisotopic (exact) mass is 233 g/mol. The first-order valence-corrected chi connectivity index (χ1v) is 5.41. The van der Waals surface area contributed by atoms with E-state index in [9.17, 15) is 9.59 Å². The molecule has 0 atom stereocenters. The van der Waals surface area contributed by atoms with Gasteiger partial charge in [0.05, 0.1) is 12.3 Å². The number of allylic oxidation sites excluding steroid dienone is 1. The van der Waals surface area contributed by atoms with E-state index < -0.39 is 5.97 Å². The fourth-order valence-electron chi connectivity index (χ4n) is 1.25. The van der Waals surface area contributed by atoms with E-state index in [4.69, 9.17) is 4.74 Å². The molecule has 0 aromatic carbocycles. The molecule has 0 radical (unpaired) electrons. The molecular weight excluding hydrogens is 218 g/mol. The van der Waals surface area contributed by atoms with Crippen LogP contribution >= 0.6 is 0 Å². The molecule has 0 N–H and O–H groups in total. The summed E-state index contributed by atoms with van der Waals surface area (Å²) in [5, 5.41) is 0. The van der Waals surface area contributed by atoms with E-state index in [2.05, 4.69) is 4.98 Å². The number of pyridine rings is 1. The van der Waals surface area contributed by atoms with Gasteiger partial charge in [-0.3, -0.25) is 14.6 Å². The van der Waals surface area contributed by atoms with Crippen LogP contribution in [-0.4, -0.2) is 23.3 Å². The maximum Gasteiger partial charge on any atom is 0.313 e. The van der Waals surface area contributed by atoms with Gasteiger partial charge in [-0.25, -0.2) is 0 Å². The van der Waals surface area contributed by atoms with Crippen molar-refractivity contribution in [3.05, 3.63) is 35.7 Å². The van der Waals surface area contributed by atoms with E-state index in [1.165, 1.54) is 0 Å². The van der Waals surface area contributed by atoms with Gasteiger partial charge in [0.1, 0.15) is 6.42 Å². The van der Waals surface area contributed by atoms with Gasteiger partial charge in [-0.15, -0.1) is 0 Å². The summed E-state index contributed by atoms with van der Waals surface area (Å²) in [6, 6.07) is 5.43. The number of carbonyl (C=O) groups excluding carboxylic acids is 2. The highest BCUT2D eigenvalue weighted by atomic mass is 16.5. The summed E-state index contributed by atoms with van der Waals surface area (Å²) in [7, 11) is 0. The van der Waals surface area contributed by atoms with Gasteiger partial charge in [-0.1, -0.05) is 6.07 Å². The van der Waals surface area contributed by atoms with Crippen LogP contribution in [0.3, 0.4) is 0 Å². The van der Waals surface area contributed by atoms with Gasteiger partial charge >= 0.3 is 5.97 Å². The van der Waals surface area contributed by atoms with Gasteiger partial charge in [0.15, 0.2) is 5.78 Å². The van der Waals surface area contributed by atoms with E-state index in [1.54, 1.807) is 38.3 Å². The Bertz CT molecular complexity index is 424. The van der Waals surface area contributed by atoms with Crippen LogP contribution in [0.15, 0.2) is 30.0 Å². The highest BCUT2D eigenvalue weighted by Gasteiger charge is 2.11. The molecule has 1 aromatic rings. The Balaban J connectivity index is 2.64. The van der Waals surface area contributed by atoms with Crippen molar-refractivity contribution >= 4 is 17.8 Å². The highest BCUT2D eigenvalue weighted by Crippen LogP contribution is 2.06. The average Bonchev–Trinajstić information content (AvgIpc) is 2.30. The first-order valence-electron chi connectivity index (χ1n) is 5.41. The van der Waals surface area contributed by atoms with Gasteiger partial charge in [0.2, 0.25) is 0 Å². The molecule has 0 spiro atoms. The number of hydrogen-bond acceptors (Lipinski definition) is 4. The van der Waals surface area contributed by atoms with Crippen LogP contribution in [-0.2, 0) is 14.3 Å². The number of ether oxygens (including phenoxy) is 1. The molecule has 0 fully saturated rings. The van der Waals surface area contributed by atoms with Crippen molar-refractivity contribution in [2.45, 2.75) is 20.3 Å². The topological polar surface area (TPSA) is 56.3 Å². The highest BCUT2D eigenvalue weighted by molar-refractivity contribution is 6.07. The molecule has 4 nitrogen and oxygen atoms in total. The number of Topliss-reactive ketones (excluding diaryl/α,β-unsaturated/α-hetero) is 1. The van der Waals surface area contributed by atoms with E-state index in [-0.39, 0.29) is 18.8 Å². The number of nitrogens with zero attached hydrogens (tertiary/aromatic N) is 1. The lowest BCUT2D eigenvalue weighted by atomic mass is 10.1. The van der Waals surface area contributed by atoms with Gasteiger partial charge in [-0.2, -0.15) is 0 Å². The summed E-state index contributed by atoms with van der Waals surface area (Å²) in [5.74, 6) is -0.736. The van der Waals surface area contributed by atoms with Crippen LogP contribution in [0, 0.1) is 0 Å². The van der Waals surface area contributed by atoms with Gasteiger partial charge < -0.3 is 4.74 Å². The molecule has 0 aliphatic carbocycles. The van der Waals surface area contributed by atoms with Crippen molar-refractivity contribution in [1.29, 1.82) is 0 Å². The lowest BCUT2D eigenvalue weighted by molar-refractivity contribution is -0.144. The molecule has 1 heterocycles. The molecule has 0 bridgehead atoms. The molecule has 0 unspecified atom stereocenters. The maximum atomic E-state index is 11.6. The standard InChI is InChI=1S/C13H15NO3/c1-3-17-13(16)9-12(15)10(2)8-11-6-4-5-7-14-11/h4-8H,3,9H2,1-2H3. The van der Waals surface area contributed by atoms with Crippen LogP contribution in [0.1, 0.15) is 26.0 Å². The van der Waals surface area contributed by atoms with Crippen LogP contribution in [0.2, 0.25) is 0 Å². The third-order valence-corrected chi connectivity index (χ3v) is 2.10. The molecule has 0 aliphatic heterocycles. The minimum atomic E-state index is -0.494. The molecule has 1 rings (SSSR count). The Hall–Kier alpha value is -1.97. The van der Waals surface area contributed by atoms with E-state index in [0.29, 0.717) is 11.3 Å². The summed E-state index contributed by atoms with van der Waals surface area (Å²) < 4.78 is 4.71. The molecule has 0 aliphatic rings. The molecule has 90 valence electrons. The van der Waals surface area contributed by atoms with Crippen LogP contribution in [0.25, 0.3) is 6.08 Å². The predicted molar refractivity (Wildman–Crippen MR) is 64.1 cm³/mol. The summed E-state index contributed by atoms with van der Waals surface area (Å²) in [4.78, 5) is 26.8. The quantitative estimate of drug-likeness (QED) is 0.443. The Morgan fingerprint density at radius 1 is 1.41 bits per heavy atom. The SMILES string of the molecule is CCOC(=O)CC(=O)C(C)=Cc1ccccn1. The second-order valence-electron chi connectivity index (χ2n) is 3.49. The Morgan fingerprint density at radius 3 is 2.76 bits per heavy atom. The smallest absolute Gasteiger partial charge is 0.313 e. The first kappa shape index (κ1) is 13.1. The largest absolute Gasteiger partial charge is 0.466 e. The molecule has 0 saturated heterocycles. The minimum Gasteiger partial charge on any atom is -0.466 e. The summed E-state index contributed by atoms with van der Waals surface area (Å²) in [5.41, 5.74) is 1.19. The van der Waals surface area contributed by atoms with Crippen LogP contribution < -0.4 is 0 Å². The molecule has 4 heteroatoms. The molecule has 0 saturated carbocycles. The molecule has 17 heavy (non-hydrogen) atoms. The van der Waals surface area contributed by atoms with Gasteiger partial charge in [-0.05, 0) is 37.6 Å². The number of ketones is 1. The zero-order valence-electron chi connectivity index (χ0n) is 9.97. The van der Waals surface area contributed by atoms with E-state index in [0.717, 1.165) is 0 Å². The summed E-state index contributed by atoms with van der Waals surface area (Å²) in [6.07, 6.45) is 3.08. The molecule has 1 aromatic heterocycles. The minimum absolute atomic E-state index is 0.219. The average molecular weight is 233 g/mol. The molecule has 0 amide bonds. The normalized spacial score (nSPS) is 11.1. The maximum absolute atomic E-state index is 11.6. The second-order valence-corrected chi connectivity index (χ2v) is 3.49. The number of carbonyl (C=O) groups is 2. The Morgan fingerprint density at radius 2 is 2.18 bits per heavy atom. The molecular formula is C13H15NO3. The van der Waals surface area contributed by atoms with Crippen molar-refractivity contribution in [2.24, 2.45) is 0 Å². The Kier molecular flexibility index (Phi) is 5.07. The number of aromatic nitrogens is 1. The zero-order valence-corrected chi connectivity index (χ0v) is 9.97. The fraction of sp³-hybridized carbons (Fsp3) is 0.308. The summed E-state index contributed by atoms with van der Waals surface area (Å²) in [6.45, 7) is 3.66. The van der Waals surface area contributed by atoms with Crippen LogP contribution in [0.5, 0.6) is 0 Å². The fourth-order valence-corrected chi connectivity index (χ4v) is 1.25. The van der Waals surface area contributed by atoms with Crippen molar-refractivity contribution in [3.8, 4) is 0 Å². The van der Waals surface area contributed by atoms with Crippen molar-refractivity contribution in [1.82, 2.24) is 4.98 Å². The lowest BCUT2D eigenvalue weighted by Gasteiger charge is -2.01. The third-order valence-electron chi connectivity index (χ3n) is 2.10. The van der Waals surface area contributed by atoms with Crippen molar-refractivity contribution < 1.29 is 14.3 Å². The summed E-state index contributed by atoms with van der Waals surface area (Å²) >= 11 is 0. The third kappa shape index (κ3) is 4.59. The number of esters is 1. The van der Waals surface area contributed by atoms with Gasteiger partial charge in [0, 0.05) is 6.20 Å². The number of hydrogen-bond donors (Lipinski definition) is 0. The number of rotatable bonds is 5. The van der Waals surface area contributed by atoms with Crippen molar-refractivity contribution in [2.75, 3.05) is 6.61 Å². The van der Waals surface area contributed by atoms with E-state index >= 15 is 0 Å².